The molecule has 0 aromatic carbocycles. The van der Waals surface area contributed by atoms with E-state index in [9.17, 15) is 9.59 Å². The molecule has 1 saturated heterocycles. The van der Waals surface area contributed by atoms with E-state index < -0.39 is 6.04 Å². The van der Waals surface area contributed by atoms with Crippen LogP contribution in [-0.2, 0) is 14.3 Å². The van der Waals surface area contributed by atoms with E-state index in [4.69, 9.17) is 9.84 Å². The SMILES string of the molecule is CCN1CC(C(=O)NC(CO)COC)CC1=O. The van der Waals surface area contributed by atoms with Gasteiger partial charge in [-0.15, -0.1) is 0 Å². The molecule has 0 aromatic heterocycles. The molecule has 2 unspecified atom stereocenters. The Labute approximate surface area is 101 Å². The van der Waals surface area contributed by atoms with Crippen LogP contribution in [0.1, 0.15) is 13.3 Å². The summed E-state index contributed by atoms with van der Waals surface area (Å²) in [7, 11) is 1.51. The standard InChI is InChI=1S/C11H20N2O4/c1-3-13-5-8(4-10(13)15)11(16)12-9(6-14)7-17-2/h8-9,14H,3-7H2,1-2H3,(H,12,16). The number of amides is 2. The predicted molar refractivity (Wildman–Crippen MR) is 61.3 cm³/mol. The van der Waals surface area contributed by atoms with E-state index in [0.717, 1.165) is 0 Å². The number of methoxy groups -OCH3 is 1. The summed E-state index contributed by atoms with van der Waals surface area (Å²) in [5, 5.41) is 11.7. The topological polar surface area (TPSA) is 78.9 Å². The van der Waals surface area contributed by atoms with E-state index in [-0.39, 0.29) is 37.4 Å². The molecular weight excluding hydrogens is 224 g/mol. The van der Waals surface area contributed by atoms with Gasteiger partial charge in [0.1, 0.15) is 0 Å². The fourth-order valence-corrected chi connectivity index (χ4v) is 1.91. The predicted octanol–water partition coefficient (Wildman–Crippen LogP) is -1.02. The number of aliphatic hydroxyl groups is 1. The molecule has 17 heavy (non-hydrogen) atoms. The van der Waals surface area contributed by atoms with E-state index in [1.807, 2.05) is 6.92 Å². The molecule has 0 bridgehead atoms. The molecule has 1 aliphatic rings. The van der Waals surface area contributed by atoms with E-state index in [1.54, 1.807) is 4.90 Å². The summed E-state index contributed by atoms with van der Waals surface area (Å²) in [6.07, 6.45) is 0.255. The summed E-state index contributed by atoms with van der Waals surface area (Å²) in [6, 6.07) is -0.404. The highest BCUT2D eigenvalue weighted by Crippen LogP contribution is 2.17. The third-order valence-electron chi connectivity index (χ3n) is 2.90. The number of carbonyl (C=O) groups excluding carboxylic acids is 2. The van der Waals surface area contributed by atoms with E-state index in [2.05, 4.69) is 5.32 Å². The Balaban J connectivity index is 2.46. The van der Waals surface area contributed by atoms with Gasteiger partial charge >= 0.3 is 0 Å². The van der Waals surface area contributed by atoms with Crippen LogP contribution in [0.4, 0.5) is 0 Å². The van der Waals surface area contributed by atoms with Crippen molar-refractivity contribution in [2.45, 2.75) is 19.4 Å². The summed E-state index contributed by atoms with van der Waals surface area (Å²) in [4.78, 5) is 25.0. The van der Waals surface area contributed by atoms with Crippen LogP contribution in [0.5, 0.6) is 0 Å². The Morgan fingerprint density at radius 3 is 2.88 bits per heavy atom. The molecule has 0 aliphatic carbocycles. The molecule has 2 amide bonds. The number of likely N-dealkylation sites (tertiary alicyclic amines) is 1. The highest BCUT2D eigenvalue weighted by molar-refractivity contribution is 5.89. The van der Waals surface area contributed by atoms with Gasteiger partial charge in [-0.1, -0.05) is 0 Å². The maximum atomic E-state index is 11.8. The van der Waals surface area contributed by atoms with Crippen molar-refractivity contribution < 1.29 is 19.4 Å². The first-order chi connectivity index (χ1) is 8.12. The second kappa shape index (κ2) is 6.56. The number of ether oxygens (including phenoxy) is 1. The zero-order chi connectivity index (χ0) is 12.8. The lowest BCUT2D eigenvalue weighted by molar-refractivity contribution is -0.129. The number of hydrogen-bond donors (Lipinski definition) is 2. The normalized spacial score (nSPS) is 21.7. The van der Waals surface area contributed by atoms with Crippen molar-refractivity contribution in [3.8, 4) is 0 Å². The quantitative estimate of drug-likeness (QED) is 0.627. The van der Waals surface area contributed by atoms with Crippen molar-refractivity contribution in [3.63, 3.8) is 0 Å². The van der Waals surface area contributed by atoms with Crippen molar-refractivity contribution in [2.75, 3.05) is 33.4 Å². The minimum atomic E-state index is -0.404. The number of nitrogens with zero attached hydrogens (tertiary/aromatic N) is 1. The van der Waals surface area contributed by atoms with Crippen molar-refractivity contribution >= 4 is 11.8 Å². The Bertz CT molecular complexity index is 283. The van der Waals surface area contributed by atoms with Gasteiger partial charge in [-0.05, 0) is 6.92 Å². The average Bonchev–Trinajstić information content (AvgIpc) is 2.70. The van der Waals surface area contributed by atoms with Crippen LogP contribution in [0.25, 0.3) is 0 Å². The van der Waals surface area contributed by atoms with Gasteiger partial charge in [0.2, 0.25) is 11.8 Å². The van der Waals surface area contributed by atoms with Gasteiger partial charge in [-0.25, -0.2) is 0 Å². The first kappa shape index (κ1) is 13.9. The molecule has 0 radical (unpaired) electrons. The van der Waals surface area contributed by atoms with E-state index in [0.29, 0.717) is 13.1 Å². The molecule has 1 heterocycles. The fraction of sp³-hybridized carbons (Fsp3) is 0.818. The summed E-state index contributed by atoms with van der Waals surface area (Å²) < 4.78 is 4.87. The second-order valence-electron chi connectivity index (χ2n) is 4.18. The van der Waals surface area contributed by atoms with Crippen LogP contribution in [-0.4, -0.2) is 61.3 Å². The molecule has 2 atom stereocenters. The minimum absolute atomic E-state index is 0.0138. The Kier molecular flexibility index (Phi) is 5.37. The highest BCUT2D eigenvalue weighted by Gasteiger charge is 2.33. The molecule has 0 saturated carbocycles. The lowest BCUT2D eigenvalue weighted by Crippen LogP contribution is -2.44. The molecule has 98 valence electrons. The summed E-state index contributed by atoms with van der Waals surface area (Å²) in [5.74, 6) is -0.487. The van der Waals surface area contributed by atoms with Gasteiger partial charge in [0.25, 0.3) is 0 Å². The highest BCUT2D eigenvalue weighted by atomic mass is 16.5. The molecule has 0 aromatic rings. The van der Waals surface area contributed by atoms with Crippen LogP contribution in [0.2, 0.25) is 0 Å². The number of hydrogen-bond acceptors (Lipinski definition) is 4. The third kappa shape index (κ3) is 3.67. The first-order valence-electron chi connectivity index (χ1n) is 5.80. The molecule has 2 N–H and O–H groups in total. The molecule has 1 rings (SSSR count). The lowest BCUT2D eigenvalue weighted by atomic mass is 10.1. The summed E-state index contributed by atoms with van der Waals surface area (Å²) in [6.45, 7) is 3.08. The molecule has 1 fully saturated rings. The van der Waals surface area contributed by atoms with Crippen LogP contribution >= 0.6 is 0 Å². The first-order valence-corrected chi connectivity index (χ1v) is 5.80. The second-order valence-corrected chi connectivity index (χ2v) is 4.18. The van der Waals surface area contributed by atoms with Crippen molar-refractivity contribution in [2.24, 2.45) is 5.92 Å². The Hall–Kier alpha value is -1.14. The third-order valence-corrected chi connectivity index (χ3v) is 2.90. The lowest BCUT2D eigenvalue weighted by Gasteiger charge is -2.18. The van der Waals surface area contributed by atoms with Crippen LogP contribution in [0.3, 0.4) is 0 Å². The van der Waals surface area contributed by atoms with Crippen LogP contribution in [0, 0.1) is 5.92 Å². The Morgan fingerprint density at radius 1 is 1.71 bits per heavy atom. The van der Waals surface area contributed by atoms with Gasteiger partial charge < -0.3 is 20.1 Å². The molecule has 1 aliphatic heterocycles. The maximum absolute atomic E-state index is 11.8. The minimum Gasteiger partial charge on any atom is -0.394 e. The van der Waals surface area contributed by atoms with Gasteiger partial charge in [0.05, 0.1) is 25.2 Å². The number of aliphatic hydroxyl groups excluding tert-OH is 1. The number of rotatable bonds is 6. The average molecular weight is 244 g/mol. The zero-order valence-electron chi connectivity index (χ0n) is 10.3. The van der Waals surface area contributed by atoms with E-state index in [1.165, 1.54) is 7.11 Å². The van der Waals surface area contributed by atoms with Gasteiger partial charge in [0, 0.05) is 26.6 Å². The van der Waals surface area contributed by atoms with Gasteiger partial charge in [0.15, 0.2) is 0 Å². The molecular formula is C11H20N2O4. The molecule has 6 heteroatoms. The van der Waals surface area contributed by atoms with Crippen molar-refractivity contribution in [1.29, 1.82) is 0 Å². The molecule has 6 nitrogen and oxygen atoms in total. The zero-order valence-corrected chi connectivity index (χ0v) is 10.3. The summed E-state index contributed by atoms with van der Waals surface area (Å²) in [5.41, 5.74) is 0. The van der Waals surface area contributed by atoms with Crippen LogP contribution in [0.15, 0.2) is 0 Å². The Morgan fingerprint density at radius 2 is 2.41 bits per heavy atom. The van der Waals surface area contributed by atoms with Gasteiger partial charge in [-0.2, -0.15) is 0 Å². The maximum Gasteiger partial charge on any atom is 0.225 e. The smallest absolute Gasteiger partial charge is 0.225 e. The van der Waals surface area contributed by atoms with Crippen molar-refractivity contribution in [1.82, 2.24) is 10.2 Å². The summed E-state index contributed by atoms with van der Waals surface area (Å²) >= 11 is 0. The van der Waals surface area contributed by atoms with Crippen molar-refractivity contribution in [3.05, 3.63) is 0 Å². The van der Waals surface area contributed by atoms with Crippen LogP contribution < -0.4 is 5.32 Å². The van der Waals surface area contributed by atoms with E-state index >= 15 is 0 Å². The van der Waals surface area contributed by atoms with Gasteiger partial charge in [-0.3, -0.25) is 9.59 Å². The largest absolute Gasteiger partial charge is 0.394 e. The fourth-order valence-electron chi connectivity index (χ4n) is 1.91. The number of nitrogens with one attached hydrogen (secondary N) is 1. The number of carbonyl (C=O) groups is 2. The monoisotopic (exact) mass is 244 g/mol. The molecule has 0 spiro atoms.